The summed E-state index contributed by atoms with van der Waals surface area (Å²) in [5, 5.41) is 4.89. The maximum Gasteiger partial charge on any atom is 0.272 e. The molecule has 2 aromatic heterocycles. The number of carbonyl (C=O) groups excluding carboxylic acids is 1. The van der Waals surface area contributed by atoms with E-state index in [9.17, 15) is 4.79 Å². The fourth-order valence-corrected chi connectivity index (χ4v) is 2.53. The number of aromatic amines is 1. The highest BCUT2D eigenvalue weighted by molar-refractivity contribution is 6.06. The van der Waals surface area contributed by atoms with Crippen LogP contribution in [0.2, 0.25) is 0 Å². The summed E-state index contributed by atoms with van der Waals surface area (Å²) in [5.41, 5.74) is 3.08. The summed E-state index contributed by atoms with van der Waals surface area (Å²) in [6, 6.07) is 19.4. The number of para-hydroxylation sites is 2. The summed E-state index contributed by atoms with van der Waals surface area (Å²) in [6.07, 6.45) is 1.67. The van der Waals surface area contributed by atoms with E-state index in [4.69, 9.17) is 0 Å². The van der Waals surface area contributed by atoms with Crippen LogP contribution in [0.5, 0.6) is 0 Å². The van der Waals surface area contributed by atoms with E-state index in [-0.39, 0.29) is 5.91 Å². The molecule has 2 N–H and O–H groups in total. The highest BCUT2D eigenvalue weighted by Gasteiger charge is 2.10. The largest absolute Gasteiger partial charge is 0.351 e. The fraction of sp³-hybridized carbons (Fsp3) is 0. The smallest absolute Gasteiger partial charge is 0.272 e. The summed E-state index contributed by atoms with van der Waals surface area (Å²) in [4.78, 5) is 19.8. The highest BCUT2D eigenvalue weighted by Crippen LogP contribution is 2.18. The molecule has 0 fully saturated rings. The average Bonchev–Trinajstić information content (AvgIpc) is 2.99. The van der Waals surface area contributed by atoms with Crippen LogP contribution in [-0.2, 0) is 0 Å². The van der Waals surface area contributed by atoms with Crippen molar-refractivity contribution in [1.82, 2.24) is 9.97 Å². The SMILES string of the molecule is O=C(Nc1cnc2ccccc2c1)c1cc2ccccc2[nH]1. The zero-order chi connectivity index (χ0) is 14.9. The lowest BCUT2D eigenvalue weighted by Crippen LogP contribution is -2.12. The molecule has 1 amide bonds. The lowest BCUT2D eigenvalue weighted by molar-refractivity contribution is 0.102. The first-order chi connectivity index (χ1) is 10.8. The van der Waals surface area contributed by atoms with Gasteiger partial charge in [-0.1, -0.05) is 36.4 Å². The molecule has 0 spiro atoms. The van der Waals surface area contributed by atoms with Gasteiger partial charge in [-0.2, -0.15) is 0 Å². The third-order valence-electron chi connectivity index (χ3n) is 3.62. The van der Waals surface area contributed by atoms with Crippen LogP contribution in [0.4, 0.5) is 5.69 Å². The molecule has 2 aromatic carbocycles. The molecule has 2 heterocycles. The van der Waals surface area contributed by atoms with Crippen molar-refractivity contribution in [3.8, 4) is 0 Å². The van der Waals surface area contributed by atoms with Gasteiger partial charge in [0.15, 0.2) is 0 Å². The van der Waals surface area contributed by atoms with E-state index in [0.29, 0.717) is 11.4 Å². The number of hydrogen-bond acceptors (Lipinski definition) is 2. The minimum Gasteiger partial charge on any atom is -0.351 e. The Labute approximate surface area is 126 Å². The Kier molecular flexibility index (Phi) is 2.86. The molecule has 4 aromatic rings. The van der Waals surface area contributed by atoms with Crippen LogP contribution >= 0.6 is 0 Å². The molecule has 4 heteroatoms. The molecular formula is C18H13N3O. The Morgan fingerprint density at radius 2 is 1.73 bits per heavy atom. The van der Waals surface area contributed by atoms with Gasteiger partial charge in [-0.3, -0.25) is 9.78 Å². The van der Waals surface area contributed by atoms with Gasteiger partial charge in [0, 0.05) is 16.3 Å². The normalized spacial score (nSPS) is 10.9. The number of anilines is 1. The topological polar surface area (TPSA) is 57.8 Å². The van der Waals surface area contributed by atoms with Crippen molar-refractivity contribution in [2.75, 3.05) is 5.32 Å². The number of amides is 1. The van der Waals surface area contributed by atoms with E-state index in [1.165, 1.54) is 0 Å². The first-order valence-electron chi connectivity index (χ1n) is 7.03. The van der Waals surface area contributed by atoms with Crippen molar-refractivity contribution in [3.63, 3.8) is 0 Å². The number of fused-ring (bicyclic) bond motifs is 2. The number of hydrogen-bond donors (Lipinski definition) is 2. The van der Waals surface area contributed by atoms with Gasteiger partial charge < -0.3 is 10.3 Å². The predicted octanol–water partition coefficient (Wildman–Crippen LogP) is 3.97. The van der Waals surface area contributed by atoms with Crippen molar-refractivity contribution in [2.24, 2.45) is 0 Å². The number of aromatic nitrogens is 2. The lowest BCUT2D eigenvalue weighted by Gasteiger charge is -2.04. The van der Waals surface area contributed by atoms with Gasteiger partial charge in [0.05, 0.1) is 17.4 Å². The van der Waals surface area contributed by atoms with Crippen LogP contribution in [0, 0.1) is 0 Å². The average molecular weight is 287 g/mol. The maximum atomic E-state index is 12.3. The summed E-state index contributed by atoms with van der Waals surface area (Å²) >= 11 is 0. The van der Waals surface area contributed by atoms with Crippen molar-refractivity contribution in [1.29, 1.82) is 0 Å². The van der Waals surface area contributed by atoms with Gasteiger partial charge in [0.25, 0.3) is 5.91 Å². The second kappa shape index (κ2) is 5.00. The molecule has 106 valence electrons. The quantitative estimate of drug-likeness (QED) is 0.586. The van der Waals surface area contributed by atoms with Crippen LogP contribution in [0.1, 0.15) is 10.5 Å². The number of nitrogens with one attached hydrogen (secondary N) is 2. The second-order valence-electron chi connectivity index (χ2n) is 5.14. The van der Waals surface area contributed by atoms with Gasteiger partial charge in [0.2, 0.25) is 0 Å². The van der Waals surface area contributed by atoms with Gasteiger partial charge in [0.1, 0.15) is 5.69 Å². The van der Waals surface area contributed by atoms with Crippen LogP contribution in [0.3, 0.4) is 0 Å². The zero-order valence-electron chi connectivity index (χ0n) is 11.7. The second-order valence-corrected chi connectivity index (χ2v) is 5.14. The first kappa shape index (κ1) is 12.6. The van der Waals surface area contributed by atoms with Gasteiger partial charge >= 0.3 is 0 Å². The van der Waals surface area contributed by atoms with Crippen molar-refractivity contribution in [2.45, 2.75) is 0 Å². The van der Waals surface area contributed by atoms with Crippen LogP contribution in [0.25, 0.3) is 21.8 Å². The summed E-state index contributed by atoms with van der Waals surface area (Å²) in [5.74, 6) is -0.173. The molecule has 0 saturated carbocycles. The molecule has 4 nitrogen and oxygen atoms in total. The van der Waals surface area contributed by atoms with E-state index in [1.54, 1.807) is 6.20 Å². The van der Waals surface area contributed by atoms with E-state index in [1.807, 2.05) is 60.7 Å². The van der Waals surface area contributed by atoms with Crippen LogP contribution in [0.15, 0.2) is 66.9 Å². The summed E-state index contributed by atoms with van der Waals surface area (Å²) in [7, 11) is 0. The van der Waals surface area contributed by atoms with Crippen molar-refractivity contribution >= 4 is 33.4 Å². The minimum atomic E-state index is -0.173. The monoisotopic (exact) mass is 287 g/mol. The van der Waals surface area contributed by atoms with E-state index in [0.717, 1.165) is 21.8 Å². The van der Waals surface area contributed by atoms with Crippen molar-refractivity contribution in [3.05, 3.63) is 72.6 Å². The summed E-state index contributed by atoms with van der Waals surface area (Å²) < 4.78 is 0. The van der Waals surface area contributed by atoms with Crippen molar-refractivity contribution < 1.29 is 4.79 Å². The van der Waals surface area contributed by atoms with E-state index >= 15 is 0 Å². The van der Waals surface area contributed by atoms with Crippen LogP contribution in [-0.4, -0.2) is 15.9 Å². The number of pyridine rings is 1. The third-order valence-corrected chi connectivity index (χ3v) is 3.62. The molecular weight excluding hydrogens is 274 g/mol. The standard InChI is InChI=1S/C18H13N3O/c22-18(17-10-13-6-2-4-8-16(13)21-17)20-14-9-12-5-1-3-7-15(12)19-11-14/h1-11,21H,(H,20,22). The Hall–Kier alpha value is -3.14. The molecule has 0 unspecified atom stereocenters. The van der Waals surface area contributed by atoms with E-state index < -0.39 is 0 Å². The predicted molar refractivity (Wildman–Crippen MR) is 88.0 cm³/mol. The van der Waals surface area contributed by atoms with Gasteiger partial charge in [-0.25, -0.2) is 0 Å². The fourth-order valence-electron chi connectivity index (χ4n) is 2.53. The van der Waals surface area contributed by atoms with Gasteiger partial charge in [-0.15, -0.1) is 0 Å². The molecule has 4 rings (SSSR count). The minimum absolute atomic E-state index is 0.173. The highest BCUT2D eigenvalue weighted by atomic mass is 16.1. The third kappa shape index (κ3) is 2.20. The number of rotatable bonds is 2. The molecule has 0 bridgehead atoms. The number of nitrogens with zero attached hydrogens (tertiary/aromatic N) is 1. The molecule has 0 aliphatic carbocycles. The zero-order valence-corrected chi connectivity index (χ0v) is 11.7. The number of benzene rings is 2. The Bertz CT molecular complexity index is 955. The number of carbonyl (C=O) groups is 1. The van der Waals surface area contributed by atoms with Gasteiger partial charge in [-0.05, 0) is 24.3 Å². The first-order valence-corrected chi connectivity index (χ1v) is 7.03. The Morgan fingerprint density at radius 1 is 0.955 bits per heavy atom. The molecule has 0 saturated heterocycles. The Morgan fingerprint density at radius 3 is 2.59 bits per heavy atom. The lowest BCUT2D eigenvalue weighted by atomic mass is 10.2. The number of H-pyrrole nitrogens is 1. The maximum absolute atomic E-state index is 12.3. The molecule has 0 radical (unpaired) electrons. The molecule has 0 aliphatic rings. The molecule has 0 aliphatic heterocycles. The Balaban J connectivity index is 1.64. The van der Waals surface area contributed by atoms with E-state index in [2.05, 4.69) is 15.3 Å². The molecule has 22 heavy (non-hydrogen) atoms. The summed E-state index contributed by atoms with van der Waals surface area (Å²) in [6.45, 7) is 0. The molecule has 0 atom stereocenters. The van der Waals surface area contributed by atoms with Crippen LogP contribution < -0.4 is 5.32 Å².